The zero-order valence-electron chi connectivity index (χ0n) is 17.9. The maximum absolute atomic E-state index is 13.2. The summed E-state index contributed by atoms with van der Waals surface area (Å²) in [5, 5.41) is 12.4. The highest BCUT2D eigenvalue weighted by Crippen LogP contribution is 2.47. The second-order valence-electron chi connectivity index (χ2n) is 8.53. The molecule has 1 amide bonds. The molecule has 33 heavy (non-hydrogen) atoms. The molecule has 1 atom stereocenters. The van der Waals surface area contributed by atoms with E-state index in [1.165, 1.54) is 0 Å². The summed E-state index contributed by atoms with van der Waals surface area (Å²) in [5.41, 5.74) is 5.59. The number of carbonyl (C=O) groups excluding carboxylic acids is 1. The van der Waals surface area contributed by atoms with E-state index < -0.39 is 0 Å². The molecule has 4 aromatic heterocycles. The van der Waals surface area contributed by atoms with Gasteiger partial charge in [0, 0.05) is 40.0 Å². The monoisotopic (exact) mass is 456 g/mol. The summed E-state index contributed by atoms with van der Waals surface area (Å²) >= 11 is 6.06. The van der Waals surface area contributed by atoms with Crippen LogP contribution in [0, 0.1) is 12.8 Å². The van der Waals surface area contributed by atoms with Crippen LogP contribution in [-0.2, 0) is 0 Å². The van der Waals surface area contributed by atoms with Gasteiger partial charge < -0.3 is 5.32 Å². The maximum Gasteiger partial charge on any atom is 0.274 e. The van der Waals surface area contributed by atoms with Gasteiger partial charge in [0.15, 0.2) is 0 Å². The van der Waals surface area contributed by atoms with Gasteiger partial charge in [0.2, 0.25) is 0 Å². The van der Waals surface area contributed by atoms with E-state index in [0.29, 0.717) is 28.0 Å². The number of hydrogen-bond donors (Lipinski definition) is 2. The van der Waals surface area contributed by atoms with Crippen LogP contribution in [0.15, 0.2) is 60.9 Å². The van der Waals surface area contributed by atoms with Gasteiger partial charge in [-0.2, -0.15) is 5.10 Å². The summed E-state index contributed by atoms with van der Waals surface area (Å²) in [5.74, 6) is 0.363. The molecule has 2 N–H and O–H groups in total. The smallest absolute Gasteiger partial charge is 0.274 e. The van der Waals surface area contributed by atoms with E-state index in [-0.39, 0.29) is 11.8 Å². The number of fused-ring (bicyclic) bond motifs is 2. The van der Waals surface area contributed by atoms with Crippen LogP contribution >= 0.6 is 11.6 Å². The number of benzene rings is 1. The number of carbonyl (C=O) groups is 1. The second-order valence-corrected chi connectivity index (χ2v) is 8.96. The fraction of sp³-hybridized carbons (Fsp3) is 0.200. The number of nitrogens with zero attached hydrogens (tertiary/aromatic N) is 4. The Kier molecular flexibility index (Phi) is 4.66. The Labute approximate surface area is 194 Å². The van der Waals surface area contributed by atoms with Gasteiger partial charge in [0.05, 0.1) is 23.1 Å². The van der Waals surface area contributed by atoms with Crippen LogP contribution in [0.1, 0.15) is 46.3 Å². The first-order valence-corrected chi connectivity index (χ1v) is 11.3. The minimum Gasteiger partial charge on any atom is -0.320 e. The number of halogens is 1. The number of anilines is 1. The number of H-pyrrole nitrogens is 1. The van der Waals surface area contributed by atoms with Crippen molar-refractivity contribution in [2.75, 3.05) is 5.32 Å². The summed E-state index contributed by atoms with van der Waals surface area (Å²) in [7, 11) is 0. The lowest BCUT2D eigenvalue weighted by Crippen LogP contribution is -2.15. The van der Waals surface area contributed by atoms with E-state index >= 15 is 0 Å². The van der Waals surface area contributed by atoms with E-state index in [1.807, 2.05) is 37.3 Å². The Bertz CT molecular complexity index is 1520. The second kappa shape index (κ2) is 7.71. The summed E-state index contributed by atoms with van der Waals surface area (Å²) in [6.45, 7) is 2.01. The number of rotatable bonds is 5. The quantitative estimate of drug-likeness (QED) is 0.372. The fourth-order valence-corrected chi connectivity index (χ4v) is 4.68. The SMILES string of the molecule is Cc1cccc(C(c2[nH]nc3cccc(NC(=O)c4cnc5cc(Cl)ccn45)c23)C2CC2)n1. The molecule has 0 bridgehead atoms. The molecule has 164 valence electrons. The first-order valence-electron chi connectivity index (χ1n) is 10.9. The van der Waals surface area contributed by atoms with Crippen LogP contribution < -0.4 is 5.32 Å². The number of hydrogen-bond acceptors (Lipinski definition) is 4. The molecule has 1 unspecified atom stereocenters. The van der Waals surface area contributed by atoms with Crippen molar-refractivity contribution in [1.29, 1.82) is 0 Å². The van der Waals surface area contributed by atoms with Crippen LogP contribution in [0.2, 0.25) is 5.02 Å². The van der Waals surface area contributed by atoms with Crippen molar-refractivity contribution < 1.29 is 4.79 Å². The van der Waals surface area contributed by atoms with Crippen LogP contribution in [-0.4, -0.2) is 30.5 Å². The Morgan fingerprint density at radius 3 is 2.88 bits per heavy atom. The number of imidazole rings is 1. The third-order valence-electron chi connectivity index (χ3n) is 6.20. The van der Waals surface area contributed by atoms with Crippen molar-refractivity contribution in [2.45, 2.75) is 25.7 Å². The Balaban J connectivity index is 1.42. The normalized spacial score (nSPS) is 14.6. The first kappa shape index (κ1) is 19.9. The maximum atomic E-state index is 13.2. The lowest BCUT2D eigenvalue weighted by Gasteiger charge is -2.17. The number of aromatic nitrogens is 5. The van der Waals surface area contributed by atoms with Gasteiger partial charge in [-0.15, -0.1) is 0 Å². The summed E-state index contributed by atoms with van der Waals surface area (Å²) in [4.78, 5) is 22.4. The molecule has 0 saturated heterocycles. The highest BCUT2D eigenvalue weighted by atomic mass is 35.5. The molecule has 4 heterocycles. The number of aryl methyl sites for hydroxylation is 1. The van der Waals surface area contributed by atoms with E-state index in [4.69, 9.17) is 16.6 Å². The van der Waals surface area contributed by atoms with Crippen molar-refractivity contribution >= 4 is 39.7 Å². The Hall–Kier alpha value is -3.71. The largest absolute Gasteiger partial charge is 0.320 e. The number of pyridine rings is 2. The van der Waals surface area contributed by atoms with Gasteiger partial charge in [-0.05, 0) is 56.0 Å². The van der Waals surface area contributed by atoms with Crippen molar-refractivity contribution in [3.05, 3.63) is 88.7 Å². The predicted octanol–water partition coefficient (Wildman–Crippen LogP) is 5.36. The van der Waals surface area contributed by atoms with Crippen molar-refractivity contribution in [2.24, 2.45) is 5.92 Å². The summed E-state index contributed by atoms with van der Waals surface area (Å²) in [6.07, 6.45) is 5.61. The summed E-state index contributed by atoms with van der Waals surface area (Å²) in [6, 6.07) is 15.3. The molecule has 1 aliphatic rings. The average Bonchev–Trinajstić information content (AvgIpc) is 3.39. The van der Waals surface area contributed by atoms with E-state index in [0.717, 1.165) is 40.8 Å². The highest BCUT2D eigenvalue weighted by Gasteiger charge is 2.37. The van der Waals surface area contributed by atoms with Crippen LogP contribution in [0.4, 0.5) is 5.69 Å². The van der Waals surface area contributed by atoms with E-state index in [9.17, 15) is 4.79 Å². The van der Waals surface area contributed by atoms with Gasteiger partial charge in [0.25, 0.3) is 5.91 Å². The molecule has 1 saturated carbocycles. The molecule has 0 radical (unpaired) electrons. The van der Waals surface area contributed by atoms with Crippen molar-refractivity contribution in [3.8, 4) is 0 Å². The van der Waals surface area contributed by atoms with Crippen LogP contribution in [0.5, 0.6) is 0 Å². The highest BCUT2D eigenvalue weighted by molar-refractivity contribution is 6.30. The number of aromatic amines is 1. The zero-order chi connectivity index (χ0) is 22.5. The molecular weight excluding hydrogens is 436 g/mol. The Morgan fingerprint density at radius 2 is 2.06 bits per heavy atom. The molecule has 0 aliphatic heterocycles. The molecule has 0 spiro atoms. The van der Waals surface area contributed by atoms with Crippen LogP contribution in [0.25, 0.3) is 16.6 Å². The fourth-order valence-electron chi connectivity index (χ4n) is 4.52. The standard InChI is InChI=1S/C25H21ClN6O/c1-14-4-2-5-17(28-14)22(15-8-9-15)24-23-18(6-3-7-19(23)30-31-24)29-25(33)20-13-27-21-12-16(26)10-11-32(20)21/h2-7,10-13,15,22H,8-9H2,1H3,(H,29,33)(H,30,31). The molecule has 7 nitrogen and oxygen atoms in total. The van der Waals surface area contributed by atoms with Gasteiger partial charge in [-0.3, -0.25) is 19.3 Å². The molecule has 5 aromatic rings. The topological polar surface area (TPSA) is 88.0 Å². The zero-order valence-corrected chi connectivity index (χ0v) is 18.7. The predicted molar refractivity (Wildman–Crippen MR) is 128 cm³/mol. The van der Waals surface area contributed by atoms with Crippen molar-refractivity contribution in [1.82, 2.24) is 24.6 Å². The lowest BCUT2D eigenvalue weighted by atomic mass is 9.92. The van der Waals surface area contributed by atoms with Gasteiger partial charge >= 0.3 is 0 Å². The average molecular weight is 457 g/mol. The van der Waals surface area contributed by atoms with Crippen molar-refractivity contribution in [3.63, 3.8) is 0 Å². The van der Waals surface area contributed by atoms with Gasteiger partial charge in [0.1, 0.15) is 11.3 Å². The van der Waals surface area contributed by atoms with E-state index in [1.54, 1.807) is 28.9 Å². The van der Waals surface area contributed by atoms with Crippen LogP contribution in [0.3, 0.4) is 0 Å². The third-order valence-corrected chi connectivity index (χ3v) is 6.43. The molecule has 1 aliphatic carbocycles. The lowest BCUT2D eigenvalue weighted by molar-refractivity contribution is 0.102. The molecule has 6 rings (SSSR count). The molecule has 1 fully saturated rings. The van der Waals surface area contributed by atoms with Gasteiger partial charge in [-0.1, -0.05) is 23.7 Å². The summed E-state index contributed by atoms with van der Waals surface area (Å²) < 4.78 is 1.72. The Morgan fingerprint density at radius 1 is 1.21 bits per heavy atom. The molecule has 1 aromatic carbocycles. The molecule has 8 heteroatoms. The number of amides is 1. The minimum absolute atomic E-state index is 0.103. The molecular formula is C25H21ClN6O. The van der Waals surface area contributed by atoms with Gasteiger partial charge in [-0.25, -0.2) is 4.98 Å². The first-order chi connectivity index (χ1) is 16.1. The van der Waals surface area contributed by atoms with E-state index in [2.05, 4.69) is 26.6 Å². The minimum atomic E-state index is -0.249. The third kappa shape index (κ3) is 3.54. The number of nitrogens with one attached hydrogen (secondary N) is 2.